The van der Waals surface area contributed by atoms with E-state index in [2.05, 4.69) is 76.6 Å². The molecule has 1 saturated heterocycles. The molecule has 1 aliphatic carbocycles. The van der Waals surface area contributed by atoms with E-state index in [9.17, 15) is 4.79 Å². The third-order valence-electron chi connectivity index (χ3n) is 9.14. The van der Waals surface area contributed by atoms with E-state index in [0.29, 0.717) is 5.65 Å². The van der Waals surface area contributed by atoms with Crippen molar-refractivity contribution in [2.75, 3.05) is 58.3 Å². The highest BCUT2D eigenvalue weighted by Gasteiger charge is 2.46. The first kappa shape index (κ1) is 30.8. The van der Waals surface area contributed by atoms with Gasteiger partial charge in [-0.15, -0.1) is 0 Å². The fourth-order valence-corrected chi connectivity index (χ4v) is 6.16. The first-order chi connectivity index (χ1) is 23.0. The molecule has 9 heteroatoms. The van der Waals surface area contributed by atoms with E-state index in [0.717, 1.165) is 97.1 Å². The molecule has 2 aliphatic rings. The number of hydrogen-bond acceptors (Lipinski definition) is 8. The number of carbonyl (C=O) groups is 1. The Balaban J connectivity index is 1.12. The number of carbonyl (C=O) groups excluding carboxylic acids is 1. The van der Waals surface area contributed by atoms with E-state index in [1.54, 1.807) is 0 Å². The van der Waals surface area contributed by atoms with Crippen molar-refractivity contribution in [1.82, 2.24) is 30.1 Å². The SMILES string of the molecule is CN(C)CCN1CCN(c2ccc3nc(-c4ccccc4)c(-c4ccc(C5(NC(=O)OCc6ccccc6)CC5)cc4)nc3n2)CC1. The molecule has 47 heavy (non-hydrogen) atoms. The van der Waals surface area contributed by atoms with Crippen LogP contribution >= 0.6 is 0 Å². The Kier molecular flexibility index (Phi) is 8.82. The van der Waals surface area contributed by atoms with Gasteiger partial charge in [-0.1, -0.05) is 84.9 Å². The van der Waals surface area contributed by atoms with Gasteiger partial charge in [0.15, 0.2) is 5.65 Å². The smallest absolute Gasteiger partial charge is 0.408 e. The van der Waals surface area contributed by atoms with Crippen LogP contribution in [0.5, 0.6) is 0 Å². The lowest BCUT2D eigenvalue weighted by Crippen LogP contribution is -2.48. The summed E-state index contributed by atoms with van der Waals surface area (Å²) < 4.78 is 5.52. The maximum atomic E-state index is 12.7. The molecule has 1 amide bonds. The van der Waals surface area contributed by atoms with Gasteiger partial charge in [-0.3, -0.25) is 4.90 Å². The van der Waals surface area contributed by atoms with E-state index in [1.165, 1.54) is 0 Å². The number of benzene rings is 3. The third-order valence-corrected chi connectivity index (χ3v) is 9.14. The first-order valence-corrected chi connectivity index (χ1v) is 16.4. The van der Waals surface area contributed by atoms with Crippen molar-refractivity contribution in [1.29, 1.82) is 0 Å². The summed E-state index contributed by atoms with van der Waals surface area (Å²) in [5, 5.41) is 3.12. The van der Waals surface area contributed by atoms with Crippen LogP contribution in [0.25, 0.3) is 33.7 Å². The number of alkyl carbamates (subject to hydrolysis) is 1. The van der Waals surface area contributed by atoms with Crippen molar-refractivity contribution in [2.24, 2.45) is 0 Å². The number of fused-ring (bicyclic) bond motifs is 1. The third kappa shape index (κ3) is 7.11. The molecule has 1 aliphatic heterocycles. The summed E-state index contributed by atoms with van der Waals surface area (Å²) in [6.07, 6.45) is 1.34. The van der Waals surface area contributed by atoms with E-state index >= 15 is 0 Å². The van der Waals surface area contributed by atoms with Crippen molar-refractivity contribution in [3.8, 4) is 22.5 Å². The zero-order valence-corrected chi connectivity index (χ0v) is 27.1. The molecule has 2 aromatic heterocycles. The second kappa shape index (κ2) is 13.5. The van der Waals surface area contributed by atoms with Gasteiger partial charge in [-0.05, 0) is 50.2 Å². The lowest BCUT2D eigenvalue weighted by molar-refractivity contribution is 0.134. The molecule has 0 bridgehead atoms. The summed E-state index contributed by atoms with van der Waals surface area (Å²) in [6.45, 7) is 6.30. The first-order valence-electron chi connectivity index (χ1n) is 16.4. The van der Waals surface area contributed by atoms with Crippen molar-refractivity contribution in [3.05, 3.63) is 108 Å². The Labute approximate surface area is 276 Å². The molecule has 0 radical (unpaired) electrons. The Morgan fingerprint density at radius 2 is 1.45 bits per heavy atom. The summed E-state index contributed by atoms with van der Waals surface area (Å²) >= 11 is 0. The zero-order valence-electron chi connectivity index (χ0n) is 27.1. The molecule has 0 atom stereocenters. The number of ether oxygens (including phenoxy) is 1. The quantitative estimate of drug-likeness (QED) is 0.203. The Bertz CT molecular complexity index is 1820. The number of nitrogens with zero attached hydrogens (tertiary/aromatic N) is 6. The van der Waals surface area contributed by atoms with Crippen LogP contribution in [0, 0.1) is 0 Å². The number of likely N-dealkylation sites (N-methyl/N-ethyl adjacent to an activating group) is 1. The van der Waals surface area contributed by atoms with E-state index < -0.39 is 11.6 Å². The fraction of sp³-hybridized carbons (Fsp3) is 0.316. The molecule has 9 nitrogen and oxygen atoms in total. The van der Waals surface area contributed by atoms with Gasteiger partial charge in [0.05, 0.1) is 16.9 Å². The zero-order chi connectivity index (χ0) is 32.2. The fourth-order valence-electron chi connectivity index (χ4n) is 6.16. The van der Waals surface area contributed by atoms with Crippen molar-refractivity contribution < 1.29 is 9.53 Å². The summed E-state index contributed by atoms with van der Waals surface area (Å²) in [6, 6.07) is 32.3. The molecule has 7 rings (SSSR count). The molecule has 240 valence electrons. The average molecular weight is 628 g/mol. The van der Waals surface area contributed by atoms with Gasteiger partial charge in [0.2, 0.25) is 0 Å². The van der Waals surface area contributed by atoms with Crippen LogP contribution in [0.2, 0.25) is 0 Å². The molecule has 3 aromatic carbocycles. The van der Waals surface area contributed by atoms with Gasteiger partial charge in [-0.25, -0.2) is 19.7 Å². The standard InChI is InChI=1S/C38H41N7O2/c1-43(2)21-22-44-23-25-45(26-24-44)33-18-17-32-36(40-33)41-35(34(39-32)29-11-7-4-8-12-29)30-13-15-31(16-14-30)38(19-20-38)42-37(46)47-27-28-9-5-3-6-10-28/h3-18H,19-27H2,1-2H3,(H,42,46). The Hall–Kier alpha value is -4.86. The number of hydrogen-bond donors (Lipinski definition) is 1. The van der Waals surface area contributed by atoms with Crippen LogP contribution in [0.15, 0.2) is 97.1 Å². The largest absolute Gasteiger partial charge is 0.445 e. The number of nitrogens with one attached hydrogen (secondary N) is 1. The highest BCUT2D eigenvalue weighted by molar-refractivity contribution is 5.85. The van der Waals surface area contributed by atoms with E-state index in [4.69, 9.17) is 19.7 Å². The number of amides is 1. The highest BCUT2D eigenvalue weighted by Crippen LogP contribution is 2.46. The van der Waals surface area contributed by atoms with Crippen LogP contribution in [-0.4, -0.2) is 84.2 Å². The molecular weight excluding hydrogens is 586 g/mol. The number of piperazine rings is 1. The second-order valence-corrected chi connectivity index (χ2v) is 12.8. The maximum Gasteiger partial charge on any atom is 0.408 e. The minimum atomic E-state index is -0.406. The lowest BCUT2D eigenvalue weighted by atomic mass is 9.99. The molecule has 0 unspecified atom stereocenters. The van der Waals surface area contributed by atoms with Crippen LogP contribution in [-0.2, 0) is 16.9 Å². The predicted octanol–water partition coefficient (Wildman–Crippen LogP) is 5.96. The number of anilines is 1. The summed E-state index contributed by atoms with van der Waals surface area (Å²) in [5.41, 5.74) is 6.57. The maximum absolute atomic E-state index is 12.7. The minimum absolute atomic E-state index is 0.243. The normalized spacial score (nSPS) is 15.9. The van der Waals surface area contributed by atoms with Gasteiger partial charge in [0.1, 0.15) is 17.9 Å². The van der Waals surface area contributed by atoms with E-state index in [-0.39, 0.29) is 6.61 Å². The summed E-state index contributed by atoms with van der Waals surface area (Å²) in [4.78, 5) is 35.1. The monoisotopic (exact) mass is 627 g/mol. The van der Waals surface area contributed by atoms with Gasteiger partial charge < -0.3 is 19.9 Å². The van der Waals surface area contributed by atoms with E-state index in [1.807, 2.05) is 54.6 Å². The Morgan fingerprint density at radius 1 is 0.787 bits per heavy atom. The minimum Gasteiger partial charge on any atom is -0.445 e. The number of rotatable bonds is 10. The van der Waals surface area contributed by atoms with Gasteiger partial charge in [0, 0.05) is 50.4 Å². The van der Waals surface area contributed by atoms with Gasteiger partial charge >= 0.3 is 6.09 Å². The molecule has 3 heterocycles. The second-order valence-electron chi connectivity index (χ2n) is 12.8. The molecule has 1 N–H and O–H groups in total. The highest BCUT2D eigenvalue weighted by atomic mass is 16.5. The van der Waals surface area contributed by atoms with Crippen molar-refractivity contribution in [2.45, 2.75) is 25.0 Å². The van der Waals surface area contributed by atoms with Crippen LogP contribution in [0.1, 0.15) is 24.0 Å². The lowest BCUT2D eigenvalue weighted by Gasteiger charge is -2.35. The predicted molar refractivity (Wildman–Crippen MR) is 186 cm³/mol. The molecule has 5 aromatic rings. The Morgan fingerprint density at radius 3 is 2.13 bits per heavy atom. The van der Waals surface area contributed by atoms with Crippen LogP contribution in [0.3, 0.4) is 0 Å². The van der Waals surface area contributed by atoms with Gasteiger partial charge in [0.25, 0.3) is 0 Å². The molecule has 1 saturated carbocycles. The van der Waals surface area contributed by atoms with Crippen LogP contribution < -0.4 is 10.2 Å². The average Bonchev–Trinajstić information content (AvgIpc) is 3.90. The molecule has 0 spiro atoms. The van der Waals surface area contributed by atoms with Crippen LogP contribution in [0.4, 0.5) is 10.6 Å². The summed E-state index contributed by atoms with van der Waals surface area (Å²) in [7, 11) is 4.24. The number of pyridine rings is 1. The van der Waals surface area contributed by atoms with Crippen molar-refractivity contribution in [3.63, 3.8) is 0 Å². The summed E-state index contributed by atoms with van der Waals surface area (Å²) in [5.74, 6) is 0.939. The molecular formula is C38H41N7O2. The van der Waals surface area contributed by atoms with Crippen molar-refractivity contribution >= 4 is 23.1 Å². The number of aromatic nitrogens is 3. The topological polar surface area (TPSA) is 86.7 Å². The van der Waals surface area contributed by atoms with Gasteiger partial charge in [-0.2, -0.15) is 0 Å². The molecule has 2 fully saturated rings.